The van der Waals surface area contributed by atoms with Crippen LogP contribution in [0.3, 0.4) is 0 Å². The molecule has 1 unspecified atom stereocenters. The number of Topliss-reactive ketones (excluding diaryl/α,β-unsaturated/α-hetero) is 1. The van der Waals surface area contributed by atoms with E-state index in [1.807, 2.05) is 30.0 Å². The molecule has 0 spiro atoms. The number of ketones is 1. The van der Waals surface area contributed by atoms with Crippen LogP contribution in [0, 0.1) is 0 Å². The lowest BCUT2D eigenvalue weighted by Gasteiger charge is -2.35. The maximum absolute atomic E-state index is 12.8. The molecular weight excluding hydrogens is 266 g/mol. The van der Waals surface area contributed by atoms with E-state index in [0.717, 1.165) is 25.8 Å². The Labute approximate surface area is 126 Å². The zero-order valence-corrected chi connectivity index (χ0v) is 12.8. The summed E-state index contributed by atoms with van der Waals surface area (Å²) in [5.41, 5.74) is 0.592. The maximum atomic E-state index is 12.8. The lowest BCUT2D eigenvalue weighted by atomic mass is 9.96. The number of hydrogen-bond acceptors (Lipinski definition) is 3. The molecule has 1 heterocycles. The number of rotatable bonds is 5. The van der Waals surface area contributed by atoms with Gasteiger partial charge < -0.3 is 9.64 Å². The second kappa shape index (κ2) is 7.25. The standard InChI is InChI=1S/C17H23NO3/c1-3-21-16-10-5-4-9-15(16)17(20)18-11-7-6-8-14(18)12-13(2)19/h4-5,9-10,14H,3,6-8,11-12H2,1-2H3. The highest BCUT2D eigenvalue weighted by molar-refractivity contribution is 5.97. The molecule has 1 aliphatic heterocycles. The zero-order chi connectivity index (χ0) is 15.2. The molecule has 1 aromatic carbocycles. The van der Waals surface area contributed by atoms with Crippen LogP contribution < -0.4 is 4.74 Å². The van der Waals surface area contributed by atoms with Gasteiger partial charge in [0.25, 0.3) is 5.91 Å². The van der Waals surface area contributed by atoms with Crippen molar-refractivity contribution in [2.75, 3.05) is 13.2 Å². The first-order valence-corrected chi connectivity index (χ1v) is 7.65. The summed E-state index contributed by atoms with van der Waals surface area (Å²) in [5, 5.41) is 0. The topological polar surface area (TPSA) is 46.6 Å². The van der Waals surface area contributed by atoms with Crippen LogP contribution in [-0.4, -0.2) is 35.8 Å². The van der Waals surface area contributed by atoms with E-state index in [-0.39, 0.29) is 17.7 Å². The Balaban J connectivity index is 2.22. The van der Waals surface area contributed by atoms with Gasteiger partial charge in [0, 0.05) is 19.0 Å². The van der Waals surface area contributed by atoms with E-state index < -0.39 is 0 Å². The van der Waals surface area contributed by atoms with Gasteiger partial charge in [-0.05, 0) is 45.2 Å². The highest BCUT2D eigenvalue weighted by atomic mass is 16.5. The Bertz CT molecular complexity index is 513. The molecule has 0 aliphatic carbocycles. The van der Waals surface area contributed by atoms with E-state index in [0.29, 0.717) is 24.3 Å². The number of benzene rings is 1. The van der Waals surface area contributed by atoms with Crippen molar-refractivity contribution < 1.29 is 14.3 Å². The molecule has 2 rings (SSSR count). The SMILES string of the molecule is CCOc1ccccc1C(=O)N1CCCCC1CC(C)=O. The number of ether oxygens (including phenoxy) is 1. The van der Waals surface area contributed by atoms with Crippen molar-refractivity contribution in [1.82, 2.24) is 4.90 Å². The summed E-state index contributed by atoms with van der Waals surface area (Å²) in [6.07, 6.45) is 3.43. The number of para-hydroxylation sites is 1. The van der Waals surface area contributed by atoms with Crippen molar-refractivity contribution in [2.24, 2.45) is 0 Å². The molecule has 0 saturated carbocycles. The first-order chi connectivity index (χ1) is 10.1. The average Bonchev–Trinajstić information content (AvgIpc) is 2.47. The van der Waals surface area contributed by atoms with Crippen molar-refractivity contribution in [1.29, 1.82) is 0 Å². The van der Waals surface area contributed by atoms with Crippen LogP contribution >= 0.6 is 0 Å². The van der Waals surface area contributed by atoms with Crippen LogP contribution in [0.15, 0.2) is 24.3 Å². The molecular formula is C17H23NO3. The number of piperidine rings is 1. The first kappa shape index (κ1) is 15.5. The van der Waals surface area contributed by atoms with Gasteiger partial charge in [-0.15, -0.1) is 0 Å². The second-order valence-electron chi connectivity index (χ2n) is 5.48. The molecule has 0 aromatic heterocycles. The molecule has 114 valence electrons. The van der Waals surface area contributed by atoms with Gasteiger partial charge in [0.1, 0.15) is 11.5 Å². The van der Waals surface area contributed by atoms with Gasteiger partial charge in [0.15, 0.2) is 0 Å². The van der Waals surface area contributed by atoms with Crippen LogP contribution in [0.1, 0.15) is 49.9 Å². The Morgan fingerprint density at radius 2 is 2.05 bits per heavy atom. The Kier molecular flexibility index (Phi) is 5.37. The fourth-order valence-electron chi connectivity index (χ4n) is 2.89. The van der Waals surface area contributed by atoms with Gasteiger partial charge in [-0.2, -0.15) is 0 Å². The summed E-state index contributed by atoms with van der Waals surface area (Å²) in [6.45, 7) is 4.74. The van der Waals surface area contributed by atoms with Gasteiger partial charge >= 0.3 is 0 Å². The largest absolute Gasteiger partial charge is 0.493 e. The van der Waals surface area contributed by atoms with Crippen molar-refractivity contribution >= 4 is 11.7 Å². The first-order valence-electron chi connectivity index (χ1n) is 7.65. The summed E-state index contributed by atoms with van der Waals surface area (Å²) in [5.74, 6) is 0.736. The number of amides is 1. The van der Waals surface area contributed by atoms with Crippen LogP contribution in [0.4, 0.5) is 0 Å². The molecule has 4 heteroatoms. The van der Waals surface area contributed by atoms with Crippen LogP contribution in [0.25, 0.3) is 0 Å². The highest BCUT2D eigenvalue weighted by Gasteiger charge is 2.29. The number of likely N-dealkylation sites (tertiary alicyclic amines) is 1. The fourth-order valence-corrected chi connectivity index (χ4v) is 2.89. The number of hydrogen-bond donors (Lipinski definition) is 0. The lowest BCUT2D eigenvalue weighted by molar-refractivity contribution is -0.118. The molecule has 0 radical (unpaired) electrons. The molecule has 21 heavy (non-hydrogen) atoms. The van der Waals surface area contributed by atoms with Crippen molar-refractivity contribution in [2.45, 2.75) is 45.6 Å². The van der Waals surface area contributed by atoms with E-state index >= 15 is 0 Å². The third-order valence-electron chi connectivity index (χ3n) is 3.83. The van der Waals surface area contributed by atoms with Gasteiger partial charge in [-0.3, -0.25) is 9.59 Å². The minimum absolute atomic E-state index is 0.0231. The predicted molar refractivity (Wildman–Crippen MR) is 81.6 cm³/mol. The molecule has 1 aromatic rings. The number of carbonyl (C=O) groups is 2. The maximum Gasteiger partial charge on any atom is 0.257 e. The fraction of sp³-hybridized carbons (Fsp3) is 0.529. The number of nitrogens with zero attached hydrogens (tertiary/aromatic N) is 1. The summed E-state index contributed by atoms with van der Waals surface area (Å²) >= 11 is 0. The van der Waals surface area contributed by atoms with E-state index in [1.54, 1.807) is 13.0 Å². The Morgan fingerprint density at radius 1 is 1.29 bits per heavy atom. The summed E-state index contributed by atoms with van der Waals surface area (Å²) < 4.78 is 5.55. The predicted octanol–water partition coefficient (Wildman–Crippen LogP) is 3.06. The molecule has 1 aliphatic rings. The monoisotopic (exact) mass is 289 g/mol. The third-order valence-corrected chi connectivity index (χ3v) is 3.83. The van der Waals surface area contributed by atoms with Crippen molar-refractivity contribution in [3.05, 3.63) is 29.8 Å². The molecule has 1 amide bonds. The molecule has 1 saturated heterocycles. The van der Waals surface area contributed by atoms with Crippen LogP contribution in [-0.2, 0) is 4.79 Å². The summed E-state index contributed by atoms with van der Waals surface area (Å²) in [6, 6.07) is 7.36. The Morgan fingerprint density at radius 3 is 2.76 bits per heavy atom. The minimum atomic E-state index is -0.0231. The van der Waals surface area contributed by atoms with E-state index in [9.17, 15) is 9.59 Å². The summed E-state index contributed by atoms with van der Waals surface area (Å²) in [7, 11) is 0. The molecule has 1 fully saturated rings. The molecule has 1 atom stereocenters. The van der Waals surface area contributed by atoms with Gasteiger partial charge in [0.2, 0.25) is 0 Å². The zero-order valence-electron chi connectivity index (χ0n) is 12.8. The van der Waals surface area contributed by atoms with Gasteiger partial charge in [-0.25, -0.2) is 0 Å². The van der Waals surface area contributed by atoms with Crippen molar-refractivity contribution in [3.8, 4) is 5.75 Å². The molecule has 0 bridgehead atoms. The minimum Gasteiger partial charge on any atom is -0.493 e. The van der Waals surface area contributed by atoms with E-state index in [2.05, 4.69) is 0 Å². The van der Waals surface area contributed by atoms with E-state index in [1.165, 1.54) is 0 Å². The smallest absolute Gasteiger partial charge is 0.257 e. The average molecular weight is 289 g/mol. The molecule has 0 N–H and O–H groups in total. The normalized spacial score (nSPS) is 18.4. The quantitative estimate of drug-likeness (QED) is 0.837. The van der Waals surface area contributed by atoms with Crippen LogP contribution in [0.5, 0.6) is 5.75 Å². The highest BCUT2D eigenvalue weighted by Crippen LogP contribution is 2.26. The van der Waals surface area contributed by atoms with Crippen molar-refractivity contribution in [3.63, 3.8) is 0 Å². The van der Waals surface area contributed by atoms with E-state index in [4.69, 9.17) is 4.74 Å². The second-order valence-corrected chi connectivity index (χ2v) is 5.48. The number of carbonyl (C=O) groups excluding carboxylic acids is 2. The summed E-state index contributed by atoms with van der Waals surface area (Å²) in [4.78, 5) is 26.1. The van der Waals surface area contributed by atoms with Crippen LogP contribution in [0.2, 0.25) is 0 Å². The van der Waals surface area contributed by atoms with Gasteiger partial charge in [-0.1, -0.05) is 12.1 Å². The lowest BCUT2D eigenvalue weighted by Crippen LogP contribution is -2.44. The molecule has 4 nitrogen and oxygen atoms in total. The van der Waals surface area contributed by atoms with Gasteiger partial charge in [0.05, 0.1) is 12.2 Å². The third kappa shape index (κ3) is 3.84. The Hall–Kier alpha value is -1.84.